The molecule has 0 aliphatic rings. The summed E-state index contributed by atoms with van der Waals surface area (Å²) in [4.78, 5) is 0. The summed E-state index contributed by atoms with van der Waals surface area (Å²) in [6.45, 7) is 1.07. The number of hydrogen-bond donors (Lipinski definition) is 2. The average molecular weight is 227 g/mol. The maximum atomic E-state index is 11.8. The molecule has 2 N–H and O–H groups in total. The Morgan fingerprint density at radius 1 is 1.50 bits per heavy atom. The summed E-state index contributed by atoms with van der Waals surface area (Å²) >= 11 is 1.13. The molecule has 14 heavy (non-hydrogen) atoms. The van der Waals surface area contributed by atoms with Crippen molar-refractivity contribution in [3.05, 3.63) is 5.01 Å². The first-order valence-electron chi connectivity index (χ1n) is 3.68. The number of halogens is 3. The van der Waals surface area contributed by atoms with Crippen LogP contribution in [0.5, 0.6) is 0 Å². The second-order valence-corrected chi connectivity index (χ2v) is 3.75. The topological polar surface area (TPSA) is 58.0 Å². The minimum absolute atomic E-state index is 0.269. The van der Waals surface area contributed by atoms with Crippen molar-refractivity contribution in [2.75, 3.05) is 11.9 Å². The zero-order chi connectivity index (χ0) is 10.8. The zero-order valence-corrected chi connectivity index (χ0v) is 7.98. The summed E-state index contributed by atoms with van der Waals surface area (Å²) in [5, 5.41) is 19.0. The molecule has 0 aromatic carbocycles. The van der Waals surface area contributed by atoms with Gasteiger partial charge < -0.3 is 10.4 Å². The van der Waals surface area contributed by atoms with Crippen molar-refractivity contribution in [3.63, 3.8) is 0 Å². The highest BCUT2D eigenvalue weighted by atomic mass is 32.1. The largest absolute Gasteiger partial charge is 0.416 e. The zero-order valence-electron chi connectivity index (χ0n) is 7.17. The Bertz CT molecular complexity index is 301. The van der Waals surface area contributed by atoms with Crippen molar-refractivity contribution in [1.82, 2.24) is 10.2 Å². The predicted molar refractivity (Wildman–Crippen MR) is 45.2 cm³/mol. The minimum Gasteiger partial charge on any atom is -0.382 e. The summed E-state index contributed by atoms with van der Waals surface area (Å²) in [7, 11) is 0. The van der Waals surface area contributed by atoms with E-state index >= 15 is 0 Å². The van der Waals surface area contributed by atoms with E-state index in [0.717, 1.165) is 11.3 Å². The number of aliphatic hydroxyl groups is 1. The third-order valence-electron chi connectivity index (χ3n) is 1.35. The molecule has 8 heteroatoms. The molecule has 4 nitrogen and oxygen atoms in total. The van der Waals surface area contributed by atoms with E-state index in [1.807, 2.05) is 0 Å². The third kappa shape index (κ3) is 3.11. The van der Waals surface area contributed by atoms with E-state index in [1.165, 1.54) is 0 Å². The second kappa shape index (κ2) is 4.09. The smallest absolute Gasteiger partial charge is 0.382 e. The molecule has 0 fully saturated rings. The van der Waals surface area contributed by atoms with Crippen LogP contribution in [0, 0.1) is 6.92 Å². The van der Waals surface area contributed by atoms with Gasteiger partial charge in [0.15, 0.2) is 6.10 Å². The molecule has 0 amide bonds. The van der Waals surface area contributed by atoms with Gasteiger partial charge in [-0.3, -0.25) is 0 Å². The quantitative estimate of drug-likeness (QED) is 0.814. The SMILES string of the molecule is Cc1nnc(NCC(O)C(F)(F)F)s1. The number of alkyl halides is 3. The molecule has 0 aliphatic carbocycles. The molecule has 1 rings (SSSR count). The van der Waals surface area contributed by atoms with Crippen molar-refractivity contribution in [3.8, 4) is 0 Å². The standard InChI is InChI=1S/C6H8F3N3OS/c1-3-11-12-5(14-3)10-2-4(13)6(7,8)9/h4,13H,2H2,1H3,(H,10,12). The lowest BCUT2D eigenvalue weighted by Gasteiger charge is -2.13. The molecule has 0 spiro atoms. The van der Waals surface area contributed by atoms with Gasteiger partial charge in [-0.2, -0.15) is 13.2 Å². The van der Waals surface area contributed by atoms with Gasteiger partial charge in [-0.05, 0) is 6.92 Å². The molecule has 0 saturated carbocycles. The second-order valence-electron chi connectivity index (χ2n) is 2.56. The van der Waals surface area contributed by atoms with Crippen molar-refractivity contribution < 1.29 is 18.3 Å². The Morgan fingerprint density at radius 2 is 2.14 bits per heavy atom. The van der Waals surface area contributed by atoms with E-state index in [1.54, 1.807) is 6.92 Å². The molecular weight excluding hydrogens is 219 g/mol. The highest BCUT2D eigenvalue weighted by molar-refractivity contribution is 7.15. The van der Waals surface area contributed by atoms with Gasteiger partial charge in [-0.25, -0.2) is 0 Å². The van der Waals surface area contributed by atoms with Crippen LogP contribution in [0.1, 0.15) is 5.01 Å². The summed E-state index contributed by atoms with van der Waals surface area (Å²) in [6.07, 6.45) is -6.99. The Morgan fingerprint density at radius 3 is 2.57 bits per heavy atom. The van der Waals surface area contributed by atoms with Crippen LogP contribution in [-0.2, 0) is 0 Å². The maximum Gasteiger partial charge on any atom is 0.416 e. The van der Waals surface area contributed by atoms with E-state index in [9.17, 15) is 13.2 Å². The molecular formula is C6H8F3N3OS. The molecule has 1 unspecified atom stereocenters. The van der Waals surface area contributed by atoms with Crippen molar-refractivity contribution in [1.29, 1.82) is 0 Å². The van der Waals surface area contributed by atoms with E-state index in [-0.39, 0.29) is 5.13 Å². The molecule has 0 saturated heterocycles. The van der Waals surface area contributed by atoms with Gasteiger partial charge >= 0.3 is 6.18 Å². The van der Waals surface area contributed by atoms with E-state index < -0.39 is 18.8 Å². The highest BCUT2D eigenvalue weighted by Crippen LogP contribution is 2.21. The lowest BCUT2D eigenvalue weighted by Crippen LogP contribution is -2.34. The van der Waals surface area contributed by atoms with Crippen LogP contribution in [0.25, 0.3) is 0 Å². The predicted octanol–water partition coefficient (Wildman–Crippen LogP) is 1.18. The van der Waals surface area contributed by atoms with Crippen LogP contribution in [-0.4, -0.2) is 34.1 Å². The normalized spacial score (nSPS) is 14.1. The molecule has 80 valence electrons. The maximum absolute atomic E-state index is 11.8. The lowest BCUT2D eigenvalue weighted by molar-refractivity contribution is -0.198. The van der Waals surface area contributed by atoms with Gasteiger partial charge in [0.25, 0.3) is 0 Å². The molecule has 0 radical (unpaired) electrons. The van der Waals surface area contributed by atoms with Crippen molar-refractivity contribution >= 4 is 16.5 Å². The van der Waals surface area contributed by atoms with Crippen LogP contribution in [0.3, 0.4) is 0 Å². The number of aryl methyl sites for hydroxylation is 1. The number of nitrogens with one attached hydrogen (secondary N) is 1. The summed E-state index contributed by atoms with van der Waals surface area (Å²) in [5.41, 5.74) is 0. The third-order valence-corrected chi connectivity index (χ3v) is 2.15. The number of anilines is 1. The summed E-state index contributed by atoms with van der Waals surface area (Å²) in [5.74, 6) is 0. The fourth-order valence-electron chi connectivity index (χ4n) is 0.668. The lowest BCUT2D eigenvalue weighted by atomic mass is 10.3. The molecule has 0 bridgehead atoms. The summed E-state index contributed by atoms with van der Waals surface area (Å²) in [6, 6.07) is 0. The Hall–Kier alpha value is -0.890. The van der Waals surface area contributed by atoms with Gasteiger partial charge in [0, 0.05) is 0 Å². The number of nitrogens with zero attached hydrogens (tertiary/aromatic N) is 2. The highest BCUT2D eigenvalue weighted by Gasteiger charge is 2.37. The minimum atomic E-state index is -4.60. The van der Waals surface area contributed by atoms with Crippen LogP contribution in [0.2, 0.25) is 0 Å². The molecule has 1 heterocycles. The Balaban J connectivity index is 2.41. The van der Waals surface area contributed by atoms with Gasteiger partial charge in [0.2, 0.25) is 5.13 Å². The van der Waals surface area contributed by atoms with E-state index in [0.29, 0.717) is 5.01 Å². The first-order chi connectivity index (χ1) is 6.39. The van der Waals surface area contributed by atoms with Gasteiger partial charge in [-0.1, -0.05) is 11.3 Å². The van der Waals surface area contributed by atoms with Crippen molar-refractivity contribution in [2.45, 2.75) is 19.2 Å². The molecule has 1 atom stereocenters. The van der Waals surface area contributed by atoms with Crippen LogP contribution >= 0.6 is 11.3 Å². The molecule has 1 aromatic rings. The number of hydrogen-bond acceptors (Lipinski definition) is 5. The fraction of sp³-hybridized carbons (Fsp3) is 0.667. The monoisotopic (exact) mass is 227 g/mol. The molecule has 0 aliphatic heterocycles. The number of aromatic nitrogens is 2. The average Bonchev–Trinajstić information content (AvgIpc) is 2.45. The van der Waals surface area contributed by atoms with Gasteiger partial charge in [0.1, 0.15) is 5.01 Å². The number of aliphatic hydroxyl groups excluding tert-OH is 1. The van der Waals surface area contributed by atoms with Crippen LogP contribution in [0.4, 0.5) is 18.3 Å². The van der Waals surface area contributed by atoms with E-state index in [4.69, 9.17) is 5.11 Å². The van der Waals surface area contributed by atoms with Gasteiger partial charge in [0.05, 0.1) is 6.54 Å². The molecule has 1 aromatic heterocycles. The first-order valence-corrected chi connectivity index (χ1v) is 4.50. The van der Waals surface area contributed by atoms with Crippen molar-refractivity contribution in [2.24, 2.45) is 0 Å². The summed E-state index contributed by atoms with van der Waals surface area (Å²) < 4.78 is 35.5. The first kappa shape index (κ1) is 11.2. The fourth-order valence-corrected chi connectivity index (χ4v) is 1.27. The van der Waals surface area contributed by atoms with Crippen LogP contribution < -0.4 is 5.32 Å². The Labute approximate surface area is 81.8 Å². The van der Waals surface area contributed by atoms with Crippen LogP contribution in [0.15, 0.2) is 0 Å². The Kier molecular flexibility index (Phi) is 3.27. The van der Waals surface area contributed by atoms with Gasteiger partial charge in [-0.15, -0.1) is 10.2 Å². The van der Waals surface area contributed by atoms with E-state index in [2.05, 4.69) is 15.5 Å². The number of rotatable bonds is 3.